The van der Waals surface area contributed by atoms with Crippen LogP contribution in [0.3, 0.4) is 0 Å². The molecule has 0 atom stereocenters. The third-order valence-corrected chi connectivity index (χ3v) is 3.66. The number of nitrogens with two attached hydrogens (primary N) is 1. The van der Waals surface area contributed by atoms with Crippen LogP contribution in [0.4, 0.5) is 5.69 Å². The third kappa shape index (κ3) is 4.39. The van der Waals surface area contributed by atoms with Crippen LogP contribution >= 0.6 is 11.6 Å². The van der Waals surface area contributed by atoms with Crippen molar-refractivity contribution >= 4 is 29.2 Å². The predicted octanol–water partition coefficient (Wildman–Crippen LogP) is 1.32. The number of benzene rings is 2. The van der Waals surface area contributed by atoms with Gasteiger partial charge in [0.05, 0.1) is 19.6 Å². The molecule has 0 saturated carbocycles. The summed E-state index contributed by atoms with van der Waals surface area (Å²) >= 11 is 5.80. The zero-order chi connectivity index (χ0) is 17.7. The SMILES string of the molecule is COc1ccc(N)c(CN(CC(=O)[O-])C(=O)c2ccc(Cl)cc2)c1. The highest BCUT2D eigenvalue weighted by Crippen LogP contribution is 2.22. The zero-order valence-corrected chi connectivity index (χ0v) is 13.7. The van der Waals surface area contributed by atoms with Crippen molar-refractivity contribution in [2.75, 3.05) is 19.4 Å². The van der Waals surface area contributed by atoms with Gasteiger partial charge in [-0.2, -0.15) is 0 Å². The van der Waals surface area contributed by atoms with Crippen molar-refractivity contribution in [1.29, 1.82) is 0 Å². The van der Waals surface area contributed by atoms with Crippen LogP contribution in [0.5, 0.6) is 5.75 Å². The molecule has 0 aliphatic carbocycles. The number of anilines is 1. The van der Waals surface area contributed by atoms with Crippen molar-refractivity contribution in [3.63, 3.8) is 0 Å². The number of rotatable bonds is 6. The topological polar surface area (TPSA) is 95.7 Å². The quantitative estimate of drug-likeness (QED) is 0.795. The maximum Gasteiger partial charge on any atom is 0.254 e. The number of amides is 1. The lowest BCUT2D eigenvalue weighted by molar-refractivity contribution is -0.305. The molecule has 2 N–H and O–H groups in total. The Hall–Kier alpha value is -2.73. The summed E-state index contributed by atoms with van der Waals surface area (Å²) in [5.74, 6) is -1.26. The van der Waals surface area contributed by atoms with Gasteiger partial charge in [0.2, 0.25) is 0 Å². The molecule has 0 heterocycles. The summed E-state index contributed by atoms with van der Waals surface area (Å²) in [5, 5.41) is 11.5. The molecule has 6 nitrogen and oxygen atoms in total. The van der Waals surface area contributed by atoms with Crippen LogP contribution in [0.25, 0.3) is 0 Å². The third-order valence-electron chi connectivity index (χ3n) is 3.41. The highest BCUT2D eigenvalue weighted by Gasteiger charge is 2.18. The first-order chi connectivity index (χ1) is 11.4. The van der Waals surface area contributed by atoms with Crippen LogP contribution in [-0.4, -0.2) is 30.4 Å². The number of hydrogen-bond acceptors (Lipinski definition) is 5. The van der Waals surface area contributed by atoms with Gasteiger partial charge >= 0.3 is 0 Å². The highest BCUT2D eigenvalue weighted by atomic mass is 35.5. The molecule has 0 aliphatic heterocycles. The minimum absolute atomic E-state index is 0.0124. The number of hydrogen-bond donors (Lipinski definition) is 1. The van der Waals surface area contributed by atoms with E-state index in [9.17, 15) is 14.7 Å². The normalized spacial score (nSPS) is 10.2. The number of carboxylic acid groups (broad SMARTS) is 1. The van der Waals surface area contributed by atoms with Crippen molar-refractivity contribution in [3.05, 3.63) is 58.6 Å². The maximum absolute atomic E-state index is 12.6. The van der Waals surface area contributed by atoms with Crippen LogP contribution in [0, 0.1) is 0 Å². The monoisotopic (exact) mass is 347 g/mol. The van der Waals surface area contributed by atoms with E-state index >= 15 is 0 Å². The van der Waals surface area contributed by atoms with Gasteiger partial charge in [-0.3, -0.25) is 4.79 Å². The molecule has 2 aromatic carbocycles. The molecular weight excluding hydrogens is 332 g/mol. The second kappa shape index (κ2) is 7.70. The van der Waals surface area contributed by atoms with E-state index in [1.165, 1.54) is 19.2 Å². The van der Waals surface area contributed by atoms with E-state index in [2.05, 4.69) is 0 Å². The van der Waals surface area contributed by atoms with Gasteiger partial charge in [-0.05, 0) is 48.0 Å². The average molecular weight is 348 g/mol. The average Bonchev–Trinajstić information content (AvgIpc) is 2.55. The molecule has 0 spiro atoms. The molecule has 24 heavy (non-hydrogen) atoms. The van der Waals surface area contributed by atoms with Gasteiger partial charge in [-0.25, -0.2) is 0 Å². The van der Waals surface area contributed by atoms with Crippen molar-refractivity contribution in [1.82, 2.24) is 4.90 Å². The highest BCUT2D eigenvalue weighted by molar-refractivity contribution is 6.30. The molecule has 7 heteroatoms. The van der Waals surface area contributed by atoms with Crippen molar-refractivity contribution in [2.45, 2.75) is 6.54 Å². The van der Waals surface area contributed by atoms with E-state index in [0.717, 1.165) is 4.90 Å². The number of carboxylic acids is 1. The molecule has 0 bridgehead atoms. The minimum Gasteiger partial charge on any atom is -0.548 e. The van der Waals surface area contributed by atoms with Gasteiger partial charge in [0, 0.05) is 22.8 Å². The van der Waals surface area contributed by atoms with Crippen molar-refractivity contribution in [2.24, 2.45) is 0 Å². The van der Waals surface area contributed by atoms with E-state index in [0.29, 0.717) is 27.6 Å². The number of nitrogens with zero attached hydrogens (tertiary/aromatic N) is 1. The fourth-order valence-electron chi connectivity index (χ4n) is 2.18. The Kier molecular flexibility index (Phi) is 5.65. The fraction of sp³-hybridized carbons (Fsp3) is 0.176. The number of halogens is 1. The zero-order valence-electron chi connectivity index (χ0n) is 13.0. The Morgan fingerprint density at radius 1 is 1.21 bits per heavy atom. The number of nitrogen functional groups attached to an aromatic ring is 1. The number of carbonyl (C=O) groups excluding carboxylic acids is 2. The van der Waals surface area contributed by atoms with Crippen molar-refractivity contribution in [3.8, 4) is 5.75 Å². The number of aliphatic carboxylic acids is 1. The van der Waals surface area contributed by atoms with E-state index in [1.54, 1.807) is 30.3 Å². The lowest BCUT2D eigenvalue weighted by atomic mass is 10.1. The standard InChI is InChI=1S/C17H17ClN2O4/c1-24-14-6-7-15(19)12(8-14)9-20(10-16(21)22)17(23)11-2-4-13(18)5-3-11/h2-8H,9-10,19H2,1H3,(H,21,22)/p-1. The number of methoxy groups -OCH3 is 1. The van der Waals surface area contributed by atoms with E-state index < -0.39 is 18.4 Å². The summed E-state index contributed by atoms with van der Waals surface area (Å²) in [6, 6.07) is 11.2. The first kappa shape index (κ1) is 17.6. The van der Waals surface area contributed by atoms with Gasteiger partial charge < -0.3 is 25.3 Å². The van der Waals surface area contributed by atoms with E-state index in [-0.39, 0.29) is 6.54 Å². The van der Waals surface area contributed by atoms with E-state index in [4.69, 9.17) is 22.1 Å². The van der Waals surface area contributed by atoms with Crippen LogP contribution < -0.4 is 15.6 Å². The second-order valence-corrected chi connectivity index (χ2v) is 5.54. The summed E-state index contributed by atoms with van der Waals surface area (Å²) in [4.78, 5) is 24.7. The Balaban J connectivity index is 2.30. The Labute approximate surface area is 144 Å². The number of ether oxygens (including phenoxy) is 1. The first-order valence-corrected chi connectivity index (χ1v) is 7.45. The summed E-state index contributed by atoms with van der Waals surface area (Å²) in [5.41, 5.74) is 7.24. The molecule has 0 aliphatic rings. The van der Waals surface area contributed by atoms with E-state index in [1.807, 2.05) is 0 Å². The van der Waals surface area contributed by atoms with Gasteiger partial charge in [0.15, 0.2) is 0 Å². The van der Waals surface area contributed by atoms with Gasteiger partial charge in [-0.15, -0.1) is 0 Å². The Bertz CT molecular complexity index is 747. The minimum atomic E-state index is -1.36. The summed E-state index contributed by atoms with van der Waals surface area (Å²) in [6.07, 6.45) is 0. The summed E-state index contributed by atoms with van der Waals surface area (Å²) in [7, 11) is 1.51. The number of carbonyl (C=O) groups is 2. The largest absolute Gasteiger partial charge is 0.548 e. The molecule has 1 amide bonds. The van der Waals surface area contributed by atoms with Crippen molar-refractivity contribution < 1.29 is 19.4 Å². The lowest BCUT2D eigenvalue weighted by Gasteiger charge is -2.24. The first-order valence-electron chi connectivity index (χ1n) is 7.07. The molecule has 2 aromatic rings. The van der Waals surface area contributed by atoms with Crippen LogP contribution in [0.2, 0.25) is 5.02 Å². The molecule has 0 fully saturated rings. The van der Waals surface area contributed by atoms with Gasteiger partial charge in [-0.1, -0.05) is 11.6 Å². The molecule has 0 aromatic heterocycles. The molecule has 126 valence electrons. The molecule has 0 unspecified atom stereocenters. The molecule has 2 rings (SSSR count). The smallest absolute Gasteiger partial charge is 0.254 e. The molecular formula is C17H16ClN2O4-. The molecule has 0 saturated heterocycles. The summed E-state index contributed by atoms with van der Waals surface area (Å²) < 4.78 is 5.13. The second-order valence-electron chi connectivity index (χ2n) is 5.10. The van der Waals surface area contributed by atoms with Crippen LogP contribution in [-0.2, 0) is 11.3 Å². The lowest BCUT2D eigenvalue weighted by Crippen LogP contribution is -2.41. The summed E-state index contributed by atoms with van der Waals surface area (Å²) in [6.45, 7) is -0.545. The fourth-order valence-corrected chi connectivity index (χ4v) is 2.31. The van der Waals surface area contributed by atoms with Gasteiger partial charge in [0.25, 0.3) is 5.91 Å². The predicted molar refractivity (Wildman–Crippen MR) is 88.6 cm³/mol. The molecule has 0 radical (unpaired) electrons. The maximum atomic E-state index is 12.6. The van der Waals surface area contributed by atoms with Crippen LogP contribution in [0.15, 0.2) is 42.5 Å². The Morgan fingerprint density at radius 2 is 1.88 bits per heavy atom. The Morgan fingerprint density at radius 3 is 2.46 bits per heavy atom. The van der Waals surface area contributed by atoms with Crippen LogP contribution in [0.1, 0.15) is 15.9 Å². The van der Waals surface area contributed by atoms with Gasteiger partial charge in [0.1, 0.15) is 5.75 Å².